The van der Waals surface area contributed by atoms with E-state index in [4.69, 9.17) is 14.2 Å². The van der Waals surface area contributed by atoms with Crippen LogP contribution in [0.2, 0.25) is 0 Å². The van der Waals surface area contributed by atoms with Crippen molar-refractivity contribution in [1.29, 1.82) is 0 Å². The first-order chi connectivity index (χ1) is 44.7. The number of hydrogen-bond donors (Lipinski definition) is 6. The van der Waals surface area contributed by atoms with E-state index in [0.29, 0.717) is 19.4 Å². The highest BCUT2D eigenvalue weighted by atomic mass is 16.7. The molecule has 0 aliphatic carbocycles. The van der Waals surface area contributed by atoms with Crippen LogP contribution in [0.4, 0.5) is 0 Å². The average molecular weight is 1280 g/mol. The van der Waals surface area contributed by atoms with Gasteiger partial charge in [-0.2, -0.15) is 0 Å². The number of esters is 1. The SMILES string of the molecule is CCC/C=C\C/C=C\CCCCCCCC(=O)OCCCCCCCCCCCCCCCCC/C=C\C/C=C\CCCCCCCCCCCCCCCCCCCC(=O)NC(COC1OC(CO)C(O)C(O)C1O)C(O)/C=C/CC/C=C/CCCCCCC. The predicted molar refractivity (Wildman–Crippen MR) is 384 cm³/mol. The van der Waals surface area contributed by atoms with E-state index in [9.17, 15) is 35.1 Å². The zero-order chi connectivity index (χ0) is 65.8. The Labute approximate surface area is 560 Å². The molecule has 7 unspecified atom stereocenters. The molecule has 0 spiro atoms. The summed E-state index contributed by atoms with van der Waals surface area (Å²) in [6.45, 7) is 4.26. The summed E-state index contributed by atoms with van der Waals surface area (Å²) in [6.07, 6.45) is 83.7. The molecule has 11 heteroatoms. The zero-order valence-corrected chi connectivity index (χ0v) is 59.1. The van der Waals surface area contributed by atoms with Gasteiger partial charge in [0.05, 0.1) is 32.0 Å². The summed E-state index contributed by atoms with van der Waals surface area (Å²) in [6, 6.07) is -0.826. The lowest BCUT2D eigenvalue weighted by Gasteiger charge is -2.40. The van der Waals surface area contributed by atoms with Gasteiger partial charge in [-0.3, -0.25) is 9.59 Å². The van der Waals surface area contributed by atoms with Gasteiger partial charge in [0.2, 0.25) is 5.91 Å². The van der Waals surface area contributed by atoms with E-state index in [1.54, 1.807) is 6.08 Å². The molecule has 1 fully saturated rings. The van der Waals surface area contributed by atoms with Crippen molar-refractivity contribution < 1.29 is 49.3 Å². The summed E-state index contributed by atoms with van der Waals surface area (Å²) in [4.78, 5) is 25.1. The molecule has 530 valence electrons. The average Bonchev–Trinajstić information content (AvgIpc) is 1.26. The van der Waals surface area contributed by atoms with E-state index in [2.05, 4.69) is 79.9 Å². The number of carbonyl (C=O) groups excluding carboxylic acids is 2. The fourth-order valence-corrected chi connectivity index (χ4v) is 11.9. The molecule has 1 rings (SSSR count). The second-order valence-electron chi connectivity index (χ2n) is 26.7. The van der Waals surface area contributed by atoms with Crippen molar-refractivity contribution in [2.75, 3.05) is 19.8 Å². The van der Waals surface area contributed by atoms with Crippen LogP contribution in [0.5, 0.6) is 0 Å². The van der Waals surface area contributed by atoms with E-state index < -0.39 is 49.5 Å². The molecular formula is C80H145NO10. The van der Waals surface area contributed by atoms with E-state index in [-0.39, 0.29) is 18.5 Å². The second kappa shape index (κ2) is 68.5. The summed E-state index contributed by atoms with van der Waals surface area (Å²) < 4.78 is 16.7. The highest BCUT2D eigenvalue weighted by Gasteiger charge is 2.44. The maximum atomic E-state index is 13.0. The Balaban J connectivity index is 1.90. The highest BCUT2D eigenvalue weighted by molar-refractivity contribution is 5.76. The third-order valence-corrected chi connectivity index (χ3v) is 18.0. The molecular weight excluding hydrogens is 1130 g/mol. The van der Waals surface area contributed by atoms with Crippen molar-refractivity contribution >= 4 is 11.9 Å². The Kier molecular flexibility index (Phi) is 64.8. The first-order valence-electron chi connectivity index (χ1n) is 38.7. The molecule has 7 atom stereocenters. The monoisotopic (exact) mass is 1280 g/mol. The number of aliphatic hydroxyl groups is 5. The third-order valence-electron chi connectivity index (χ3n) is 18.0. The number of hydrogen-bond acceptors (Lipinski definition) is 10. The zero-order valence-electron chi connectivity index (χ0n) is 59.1. The summed E-state index contributed by atoms with van der Waals surface area (Å²) in [5.74, 6) is -0.190. The minimum atomic E-state index is -1.58. The molecule has 0 bridgehead atoms. The Morgan fingerprint density at radius 3 is 1.20 bits per heavy atom. The minimum Gasteiger partial charge on any atom is -0.466 e. The number of rotatable bonds is 68. The van der Waals surface area contributed by atoms with Crippen molar-refractivity contribution in [1.82, 2.24) is 5.32 Å². The van der Waals surface area contributed by atoms with Crippen molar-refractivity contribution in [2.45, 2.75) is 403 Å². The van der Waals surface area contributed by atoms with Crippen LogP contribution in [0, 0.1) is 0 Å². The van der Waals surface area contributed by atoms with Crippen LogP contribution in [0.25, 0.3) is 0 Å². The van der Waals surface area contributed by atoms with Gasteiger partial charge >= 0.3 is 5.97 Å². The van der Waals surface area contributed by atoms with Crippen LogP contribution in [-0.4, -0.2) is 100 Å². The lowest BCUT2D eigenvalue weighted by atomic mass is 9.99. The van der Waals surface area contributed by atoms with Crippen molar-refractivity contribution in [2.24, 2.45) is 0 Å². The van der Waals surface area contributed by atoms with Crippen LogP contribution in [0.1, 0.15) is 361 Å². The molecule has 0 aromatic rings. The molecule has 0 saturated carbocycles. The Morgan fingerprint density at radius 2 is 0.769 bits per heavy atom. The van der Waals surface area contributed by atoms with Crippen molar-refractivity contribution in [3.63, 3.8) is 0 Å². The summed E-state index contributed by atoms with van der Waals surface area (Å²) in [7, 11) is 0. The third kappa shape index (κ3) is 57.1. The van der Waals surface area contributed by atoms with Gasteiger partial charge in [-0.15, -0.1) is 0 Å². The van der Waals surface area contributed by atoms with Gasteiger partial charge in [-0.1, -0.05) is 318 Å². The normalized spacial score (nSPS) is 18.0. The Bertz CT molecular complexity index is 1740. The Morgan fingerprint density at radius 1 is 0.407 bits per heavy atom. The number of unbranched alkanes of at least 4 members (excludes halogenated alkanes) is 44. The fraction of sp³-hybridized carbons (Fsp3) is 0.825. The Hall–Kier alpha value is -2.90. The van der Waals surface area contributed by atoms with E-state index in [1.165, 1.54) is 263 Å². The predicted octanol–water partition coefficient (Wildman–Crippen LogP) is 20.6. The standard InChI is InChI=1S/C80H145NO10/c1-3-5-7-9-11-13-15-43-48-52-56-60-64-68-76(85)89-69-65-61-57-53-49-45-42-40-38-36-34-32-30-28-26-24-22-20-18-16-17-19-21-23-25-27-29-31-33-35-37-39-41-44-47-51-55-59-63-67-75(84)81-72(71-90-80-79(88)78(87)77(86)74(70-82)91-80)73(83)66-62-58-54-50-46-14-12-10-8-6-4-2/h7,9,13,15-17,20,22,46,50,62,66,72-74,77-80,82-83,86-88H,3-6,8,10-12,14,18-19,21,23-45,47-49,51-61,63-65,67-71H2,1-2H3,(H,81,84)/b9-7-,15-13-,17-16-,22-20-,50-46+,66-62+. The van der Waals surface area contributed by atoms with Gasteiger partial charge in [-0.05, 0) is 103 Å². The van der Waals surface area contributed by atoms with Crippen LogP contribution in [0.3, 0.4) is 0 Å². The molecule has 0 radical (unpaired) electrons. The van der Waals surface area contributed by atoms with Crippen LogP contribution >= 0.6 is 0 Å². The topological polar surface area (TPSA) is 175 Å². The number of ether oxygens (including phenoxy) is 3. The lowest BCUT2D eigenvalue weighted by molar-refractivity contribution is -0.302. The number of carbonyl (C=O) groups is 2. The summed E-state index contributed by atoms with van der Waals surface area (Å²) in [5, 5.41) is 54.4. The van der Waals surface area contributed by atoms with E-state index in [1.807, 2.05) is 6.08 Å². The molecule has 1 amide bonds. The molecule has 11 nitrogen and oxygen atoms in total. The van der Waals surface area contributed by atoms with Gasteiger partial charge in [0.1, 0.15) is 24.4 Å². The van der Waals surface area contributed by atoms with Gasteiger partial charge in [0, 0.05) is 12.8 Å². The molecule has 0 aromatic heterocycles. The van der Waals surface area contributed by atoms with Crippen molar-refractivity contribution in [3.05, 3.63) is 72.9 Å². The maximum Gasteiger partial charge on any atom is 0.305 e. The molecule has 1 aliphatic heterocycles. The number of aliphatic hydroxyl groups excluding tert-OH is 5. The van der Waals surface area contributed by atoms with Crippen LogP contribution < -0.4 is 5.32 Å². The molecule has 6 N–H and O–H groups in total. The smallest absolute Gasteiger partial charge is 0.305 e. The number of nitrogens with one attached hydrogen (secondary N) is 1. The molecule has 1 saturated heterocycles. The van der Waals surface area contributed by atoms with E-state index >= 15 is 0 Å². The quantitative estimate of drug-likeness (QED) is 0.0195. The molecule has 0 aromatic carbocycles. The number of allylic oxidation sites excluding steroid dienone is 11. The fourth-order valence-electron chi connectivity index (χ4n) is 11.9. The minimum absolute atomic E-state index is 0.00126. The first kappa shape index (κ1) is 86.1. The summed E-state index contributed by atoms with van der Waals surface area (Å²) in [5.41, 5.74) is 0. The van der Waals surface area contributed by atoms with Gasteiger partial charge in [0.25, 0.3) is 0 Å². The first-order valence-corrected chi connectivity index (χ1v) is 38.7. The second-order valence-corrected chi connectivity index (χ2v) is 26.7. The van der Waals surface area contributed by atoms with Crippen LogP contribution in [-0.2, 0) is 23.8 Å². The van der Waals surface area contributed by atoms with Crippen LogP contribution in [0.15, 0.2) is 72.9 Å². The van der Waals surface area contributed by atoms with Gasteiger partial charge < -0.3 is 45.1 Å². The molecule has 1 aliphatic rings. The highest BCUT2D eigenvalue weighted by Crippen LogP contribution is 2.23. The van der Waals surface area contributed by atoms with Crippen molar-refractivity contribution in [3.8, 4) is 0 Å². The number of amides is 1. The molecule has 91 heavy (non-hydrogen) atoms. The lowest BCUT2D eigenvalue weighted by Crippen LogP contribution is -2.60. The van der Waals surface area contributed by atoms with E-state index in [0.717, 1.165) is 70.6 Å². The van der Waals surface area contributed by atoms with Gasteiger partial charge in [0.15, 0.2) is 6.29 Å². The molecule has 1 heterocycles. The summed E-state index contributed by atoms with van der Waals surface area (Å²) >= 11 is 0. The largest absolute Gasteiger partial charge is 0.466 e. The van der Waals surface area contributed by atoms with Gasteiger partial charge in [-0.25, -0.2) is 0 Å². The maximum absolute atomic E-state index is 13.0.